The first-order chi connectivity index (χ1) is 7.60. The molecule has 0 spiro atoms. The molecule has 92 valence electrons. The van der Waals surface area contributed by atoms with Crippen LogP contribution in [0.25, 0.3) is 0 Å². The summed E-state index contributed by atoms with van der Waals surface area (Å²) in [5.74, 6) is 0.774. The van der Waals surface area contributed by atoms with Gasteiger partial charge in [-0.25, -0.2) is 0 Å². The van der Waals surface area contributed by atoms with Gasteiger partial charge in [-0.05, 0) is 31.6 Å². The molecule has 0 heterocycles. The molecular weight excluding hydrogens is 204 g/mol. The molecule has 0 radical (unpaired) electrons. The second-order valence-electron chi connectivity index (χ2n) is 4.78. The Morgan fingerprint density at radius 3 is 2.38 bits per heavy atom. The third-order valence-electron chi connectivity index (χ3n) is 3.82. The lowest BCUT2D eigenvalue weighted by molar-refractivity contribution is -0.143. The van der Waals surface area contributed by atoms with Crippen LogP contribution in [-0.2, 0) is 14.3 Å². The Morgan fingerprint density at radius 2 is 1.88 bits per heavy atom. The second-order valence-corrected chi connectivity index (χ2v) is 4.78. The number of hydrogen-bond donors (Lipinski definition) is 0. The minimum Gasteiger partial charge on any atom is -0.469 e. The lowest BCUT2D eigenvalue weighted by Gasteiger charge is -2.35. The first kappa shape index (κ1) is 13.2. The lowest BCUT2D eigenvalue weighted by atomic mass is 9.68. The van der Waals surface area contributed by atoms with E-state index >= 15 is 0 Å². The maximum absolute atomic E-state index is 11.7. The van der Waals surface area contributed by atoms with Gasteiger partial charge >= 0.3 is 5.97 Å². The zero-order chi connectivity index (χ0) is 12.1. The predicted molar refractivity (Wildman–Crippen MR) is 61.9 cm³/mol. The van der Waals surface area contributed by atoms with Gasteiger partial charge < -0.3 is 4.74 Å². The summed E-state index contributed by atoms with van der Waals surface area (Å²) in [5.41, 5.74) is 0. The lowest BCUT2D eigenvalue weighted by Crippen LogP contribution is -2.34. The van der Waals surface area contributed by atoms with Gasteiger partial charge in [0.2, 0.25) is 0 Å². The Kier molecular flexibility index (Phi) is 4.97. The van der Waals surface area contributed by atoms with E-state index in [1.165, 1.54) is 7.11 Å². The van der Waals surface area contributed by atoms with Crippen LogP contribution in [0, 0.1) is 17.8 Å². The van der Waals surface area contributed by atoms with Gasteiger partial charge in [0, 0.05) is 12.3 Å². The van der Waals surface area contributed by atoms with Crippen molar-refractivity contribution in [2.24, 2.45) is 17.8 Å². The van der Waals surface area contributed by atoms with Crippen molar-refractivity contribution in [3.8, 4) is 0 Å². The third kappa shape index (κ3) is 3.06. The van der Waals surface area contributed by atoms with E-state index in [0.29, 0.717) is 12.3 Å². The topological polar surface area (TPSA) is 43.4 Å². The number of Topliss-reactive ketones (excluding diaryl/α,β-unsaturated/α-hetero) is 1. The minimum atomic E-state index is -0.187. The SMILES string of the molecule is CC[C@@H]1CCC[C@H](CC(=O)OC)[C@H]1C(C)=O. The number of hydrogen-bond acceptors (Lipinski definition) is 3. The summed E-state index contributed by atoms with van der Waals surface area (Å²) in [6, 6.07) is 0. The van der Waals surface area contributed by atoms with Crippen molar-refractivity contribution in [2.45, 2.75) is 46.0 Å². The fraction of sp³-hybridized carbons (Fsp3) is 0.846. The maximum Gasteiger partial charge on any atom is 0.305 e. The zero-order valence-electron chi connectivity index (χ0n) is 10.5. The van der Waals surface area contributed by atoms with Crippen molar-refractivity contribution in [2.75, 3.05) is 7.11 Å². The smallest absolute Gasteiger partial charge is 0.305 e. The number of esters is 1. The molecule has 1 aliphatic rings. The van der Waals surface area contributed by atoms with Crippen LogP contribution in [0.5, 0.6) is 0 Å². The summed E-state index contributed by atoms with van der Waals surface area (Å²) < 4.78 is 4.70. The summed E-state index contributed by atoms with van der Waals surface area (Å²) in [6.45, 7) is 3.78. The highest BCUT2D eigenvalue weighted by Crippen LogP contribution is 2.39. The van der Waals surface area contributed by atoms with Crippen molar-refractivity contribution in [1.29, 1.82) is 0 Å². The van der Waals surface area contributed by atoms with Crippen molar-refractivity contribution in [1.82, 2.24) is 0 Å². The van der Waals surface area contributed by atoms with Gasteiger partial charge in [0.1, 0.15) is 5.78 Å². The maximum atomic E-state index is 11.7. The largest absolute Gasteiger partial charge is 0.469 e. The third-order valence-corrected chi connectivity index (χ3v) is 3.82. The molecule has 0 aromatic rings. The van der Waals surface area contributed by atoms with Crippen LogP contribution < -0.4 is 0 Å². The van der Waals surface area contributed by atoms with E-state index in [-0.39, 0.29) is 23.6 Å². The Hall–Kier alpha value is -0.860. The van der Waals surface area contributed by atoms with Crippen LogP contribution >= 0.6 is 0 Å². The summed E-state index contributed by atoms with van der Waals surface area (Å²) >= 11 is 0. The fourth-order valence-electron chi connectivity index (χ4n) is 3.03. The van der Waals surface area contributed by atoms with Gasteiger partial charge in [0.15, 0.2) is 0 Å². The summed E-state index contributed by atoms with van der Waals surface area (Å²) in [7, 11) is 1.41. The highest BCUT2D eigenvalue weighted by Gasteiger charge is 2.36. The van der Waals surface area contributed by atoms with Crippen LogP contribution in [0.2, 0.25) is 0 Å². The van der Waals surface area contributed by atoms with Gasteiger partial charge in [-0.15, -0.1) is 0 Å². The number of rotatable bonds is 4. The molecule has 0 aromatic carbocycles. The predicted octanol–water partition coefficient (Wildman–Crippen LogP) is 2.58. The fourth-order valence-corrected chi connectivity index (χ4v) is 3.03. The molecule has 1 saturated carbocycles. The van der Waals surface area contributed by atoms with E-state index in [1.807, 2.05) is 0 Å². The van der Waals surface area contributed by atoms with Crippen molar-refractivity contribution < 1.29 is 14.3 Å². The molecule has 1 fully saturated rings. The molecule has 0 bridgehead atoms. The Labute approximate surface area is 97.5 Å². The van der Waals surface area contributed by atoms with Gasteiger partial charge in [-0.1, -0.05) is 19.8 Å². The minimum absolute atomic E-state index is 0.0675. The average Bonchev–Trinajstić information content (AvgIpc) is 2.28. The number of methoxy groups -OCH3 is 1. The van der Waals surface area contributed by atoms with Gasteiger partial charge in [0.05, 0.1) is 7.11 Å². The first-order valence-corrected chi connectivity index (χ1v) is 6.17. The van der Waals surface area contributed by atoms with Crippen molar-refractivity contribution >= 4 is 11.8 Å². The molecule has 0 aromatic heterocycles. The van der Waals surface area contributed by atoms with E-state index in [1.54, 1.807) is 6.92 Å². The van der Waals surface area contributed by atoms with Gasteiger partial charge in [-0.2, -0.15) is 0 Å². The molecule has 1 aliphatic carbocycles. The highest BCUT2D eigenvalue weighted by molar-refractivity contribution is 5.80. The number of carbonyl (C=O) groups excluding carboxylic acids is 2. The molecule has 3 heteroatoms. The van der Waals surface area contributed by atoms with Crippen LogP contribution in [0.3, 0.4) is 0 Å². The van der Waals surface area contributed by atoms with Gasteiger partial charge in [-0.3, -0.25) is 9.59 Å². The first-order valence-electron chi connectivity index (χ1n) is 6.17. The average molecular weight is 226 g/mol. The summed E-state index contributed by atoms with van der Waals surface area (Å²) in [6.07, 6.45) is 4.66. The Bertz CT molecular complexity index is 260. The molecule has 0 amide bonds. The quantitative estimate of drug-likeness (QED) is 0.692. The number of ketones is 1. The summed E-state index contributed by atoms with van der Waals surface area (Å²) in [4.78, 5) is 23.0. The normalized spacial score (nSPS) is 29.8. The van der Waals surface area contributed by atoms with E-state index in [9.17, 15) is 9.59 Å². The molecule has 1 rings (SSSR count). The molecule has 16 heavy (non-hydrogen) atoms. The van der Waals surface area contributed by atoms with E-state index < -0.39 is 0 Å². The zero-order valence-corrected chi connectivity index (χ0v) is 10.5. The van der Waals surface area contributed by atoms with Crippen molar-refractivity contribution in [3.63, 3.8) is 0 Å². The molecule has 0 N–H and O–H groups in total. The van der Waals surface area contributed by atoms with Crippen LogP contribution in [-0.4, -0.2) is 18.9 Å². The molecule has 0 saturated heterocycles. The van der Waals surface area contributed by atoms with E-state index in [4.69, 9.17) is 4.74 Å². The Balaban J connectivity index is 2.71. The second kappa shape index (κ2) is 6.02. The Morgan fingerprint density at radius 1 is 1.25 bits per heavy atom. The van der Waals surface area contributed by atoms with Crippen molar-refractivity contribution in [3.05, 3.63) is 0 Å². The van der Waals surface area contributed by atoms with Gasteiger partial charge in [0.25, 0.3) is 0 Å². The number of carbonyl (C=O) groups is 2. The highest BCUT2D eigenvalue weighted by atomic mass is 16.5. The monoisotopic (exact) mass is 226 g/mol. The molecular formula is C13H22O3. The van der Waals surface area contributed by atoms with Crippen LogP contribution in [0.1, 0.15) is 46.0 Å². The molecule has 0 aliphatic heterocycles. The molecule has 0 unspecified atom stereocenters. The van der Waals surface area contributed by atoms with Crippen LogP contribution in [0.15, 0.2) is 0 Å². The van der Waals surface area contributed by atoms with E-state index in [2.05, 4.69) is 6.92 Å². The molecule has 3 atom stereocenters. The summed E-state index contributed by atoms with van der Waals surface area (Å²) in [5, 5.41) is 0. The van der Waals surface area contributed by atoms with E-state index in [0.717, 1.165) is 25.7 Å². The number of ether oxygens (including phenoxy) is 1. The standard InChI is InChI=1S/C13H22O3/c1-4-10-6-5-7-11(8-12(15)16-3)13(10)9(2)14/h10-11,13H,4-8H2,1-3H3/t10-,11-,13+/m1/s1. The molecule has 3 nitrogen and oxygen atoms in total. The van der Waals surface area contributed by atoms with Crippen LogP contribution in [0.4, 0.5) is 0 Å².